The molecule has 0 spiro atoms. The van der Waals surface area contributed by atoms with Crippen molar-refractivity contribution in [2.45, 2.75) is 57.0 Å². The van der Waals surface area contributed by atoms with Gasteiger partial charge in [-0.1, -0.05) is 12.8 Å². The molecule has 0 aliphatic heterocycles. The number of anilines is 1. The van der Waals surface area contributed by atoms with Crippen molar-refractivity contribution in [3.05, 3.63) is 22.8 Å². The van der Waals surface area contributed by atoms with Crippen LogP contribution in [0.2, 0.25) is 0 Å². The monoisotopic (exact) mass is 312 g/mol. The third kappa shape index (κ3) is 3.22. The zero-order chi connectivity index (χ0) is 15.8. The summed E-state index contributed by atoms with van der Waals surface area (Å²) in [5.74, 6) is 0. The van der Waals surface area contributed by atoms with Crippen molar-refractivity contribution in [3.63, 3.8) is 0 Å². The van der Waals surface area contributed by atoms with Crippen molar-refractivity contribution in [2.24, 2.45) is 0 Å². The molecule has 0 aromatic heterocycles. The fraction of sp³-hybridized carbons (Fsp3) is 0.600. The van der Waals surface area contributed by atoms with Gasteiger partial charge in [0.1, 0.15) is 0 Å². The number of hydrogen-bond acceptors (Lipinski definition) is 4. The molecule has 1 aromatic rings. The maximum Gasteiger partial charge on any atom is 0.241 e. The van der Waals surface area contributed by atoms with Gasteiger partial charge in [-0.15, -0.1) is 0 Å². The first kappa shape index (κ1) is 16.3. The van der Waals surface area contributed by atoms with Crippen molar-refractivity contribution in [3.8, 4) is 0 Å². The molecule has 21 heavy (non-hydrogen) atoms. The van der Waals surface area contributed by atoms with Gasteiger partial charge < -0.3 is 10.8 Å². The van der Waals surface area contributed by atoms with Gasteiger partial charge in [-0.2, -0.15) is 0 Å². The Bertz CT molecular complexity index is 621. The minimum Gasteiger partial charge on any atom is -0.398 e. The summed E-state index contributed by atoms with van der Waals surface area (Å²) in [6, 6.07) is 1.79. The second kappa shape index (κ2) is 5.59. The van der Waals surface area contributed by atoms with Crippen LogP contribution in [0.15, 0.2) is 11.0 Å². The van der Waals surface area contributed by atoms with Crippen molar-refractivity contribution in [1.29, 1.82) is 0 Å². The molecule has 5 nitrogen and oxygen atoms in total. The first-order valence-corrected chi connectivity index (χ1v) is 8.73. The lowest BCUT2D eigenvalue weighted by atomic mass is 10.0. The molecule has 0 unspecified atom stereocenters. The molecule has 1 fully saturated rings. The van der Waals surface area contributed by atoms with Crippen LogP contribution in [0.1, 0.15) is 42.4 Å². The van der Waals surface area contributed by atoms with E-state index in [1.165, 1.54) is 0 Å². The molecule has 1 aliphatic carbocycles. The van der Waals surface area contributed by atoms with Crippen LogP contribution in [-0.2, 0) is 10.0 Å². The first-order chi connectivity index (χ1) is 9.66. The normalized spacial score (nSPS) is 18.1. The van der Waals surface area contributed by atoms with Gasteiger partial charge in [-0.3, -0.25) is 0 Å². The molecule has 1 aromatic carbocycles. The van der Waals surface area contributed by atoms with Gasteiger partial charge in [0.2, 0.25) is 10.0 Å². The highest BCUT2D eigenvalue weighted by molar-refractivity contribution is 7.89. The molecule has 0 amide bonds. The minimum atomic E-state index is -3.68. The van der Waals surface area contributed by atoms with Crippen LogP contribution in [0, 0.1) is 20.8 Å². The zero-order valence-corrected chi connectivity index (χ0v) is 13.7. The molecule has 4 N–H and O–H groups in total. The smallest absolute Gasteiger partial charge is 0.241 e. The predicted molar refractivity (Wildman–Crippen MR) is 83.7 cm³/mol. The Morgan fingerprint density at radius 1 is 1.24 bits per heavy atom. The predicted octanol–water partition coefficient (Wildman–Crippen LogP) is 1.78. The van der Waals surface area contributed by atoms with Crippen molar-refractivity contribution >= 4 is 15.7 Å². The van der Waals surface area contributed by atoms with E-state index in [0.717, 1.165) is 18.4 Å². The van der Waals surface area contributed by atoms with Crippen LogP contribution >= 0.6 is 0 Å². The second-order valence-corrected chi connectivity index (χ2v) is 7.82. The summed E-state index contributed by atoms with van der Waals surface area (Å²) in [6.07, 6.45) is 3.16. The van der Waals surface area contributed by atoms with Crippen molar-refractivity contribution in [2.75, 3.05) is 12.3 Å². The fourth-order valence-electron chi connectivity index (χ4n) is 2.96. The van der Waals surface area contributed by atoms with Crippen LogP contribution in [0.3, 0.4) is 0 Å². The quantitative estimate of drug-likeness (QED) is 0.739. The third-order valence-electron chi connectivity index (χ3n) is 4.47. The highest BCUT2D eigenvalue weighted by Crippen LogP contribution is 2.31. The third-order valence-corrected chi connectivity index (χ3v) is 6.15. The van der Waals surface area contributed by atoms with Crippen LogP contribution in [0.4, 0.5) is 5.69 Å². The number of nitrogens with two attached hydrogens (primary N) is 1. The van der Waals surface area contributed by atoms with E-state index in [1.54, 1.807) is 19.9 Å². The lowest BCUT2D eigenvalue weighted by Crippen LogP contribution is -2.41. The number of rotatable bonds is 4. The lowest BCUT2D eigenvalue weighted by molar-refractivity contribution is 0.0531. The molecule has 0 atom stereocenters. The van der Waals surface area contributed by atoms with E-state index in [9.17, 15) is 13.5 Å². The van der Waals surface area contributed by atoms with Gasteiger partial charge >= 0.3 is 0 Å². The number of aliphatic hydroxyl groups is 1. The van der Waals surface area contributed by atoms with Gasteiger partial charge in [-0.25, -0.2) is 13.1 Å². The number of nitrogens with one attached hydrogen (secondary N) is 1. The van der Waals surface area contributed by atoms with E-state index in [4.69, 9.17) is 5.73 Å². The number of hydrogen-bond donors (Lipinski definition) is 3. The Hall–Kier alpha value is -1.11. The van der Waals surface area contributed by atoms with Gasteiger partial charge in [0, 0.05) is 12.2 Å². The summed E-state index contributed by atoms with van der Waals surface area (Å²) in [4.78, 5) is 0.238. The molecular formula is C15H24N2O3S. The van der Waals surface area contributed by atoms with Crippen LogP contribution < -0.4 is 10.5 Å². The zero-order valence-electron chi connectivity index (χ0n) is 12.9. The molecule has 0 radical (unpaired) electrons. The molecule has 118 valence electrons. The molecule has 1 saturated carbocycles. The summed E-state index contributed by atoms with van der Waals surface area (Å²) in [5.41, 5.74) is 7.55. The Morgan fingerprint density at radius 2 is 1.81 bits per heavy atom. The van der Waals surface area contributed by atoms with E-state index >= 15 is 0 Å². The first-order valence-electron chi connectivity index (χ1n) is 7.25. The van der Waals surface area contributed by atoms with Gasteiger partial charge in [-0.05, 0) is 56.4 Å². The fourth-order valence-corrected chi connectivity index (χ4v) is 4.64. The maximum absolute atomic E-state index is 12.6. The van der Waals surface area contributed by atoms with E-state index in [-0.39, 0.29) is 11.4 Å². The number of benzene rings is 1. The summed E-state index contributed by atoms with van der Waals surface area (Å²) < 4.78 is 27.8. The Labute approximate surface area is 126 Å². The SMILES string of the molecule is Cc1cc(N)c(C)c(S(=O)(=O)NCC2(O)CCCC2)c1C. The highest BCUT2D eigenvalue weighted by Gasteiger charge is 2.33. The van der Waals surface area contributed by atoms with E-state index in [2.05, 4.69) is 4.72 Å². The molecule has 0 saturated heterocycles. The second-order valence-electron chi connectivity index (χ2n) is 6.12. The largest absolute Gasteiger partial charge is 0.398 e. The maximum atomic E-state index is 12.6. The van der Waals surface area contributed by atoms with E-state index < -0.39 is 15.6 Å². The van der Waals surface area contributed by atoms with Crippen LogP contribution in [0.25, 0.3) is 0 Å². The molecule has 0 heterocycles. The summed E-state index contributed by atoms with van der Waals surface area (Å²) in [6.45, 7) is 5.39. The van der Waals surface area contributed by atoms with E-state index in [1.807, 2.05) is 6.92 Å². The van der Waals surface area contributed by atoms with Crippen LogP contribution in [-0.4, -0.2) is 25.7 Å². The number of aryl methyl sites for hydroxylation is 1. The summed E-state index contributed by atoms with van der Waals surface area (Å²) in [5, 5.41) is 10.3. The number of sulfonamides is 1. The molecule has 2 rings (SSSR count). The molecule has 6 heteroatoms. The summed E-state index contributed by atoms with van der Waals surface area (Å²) in [7, 11) is -3.68. The number of nitrogen functional groups attached to an aromatic ring is 1. The van der Waals surface area contributed by atoms with Gasteiger partial charge in [0.25, 0.3) is 0 Å². The Balaban J connectivity index is 2.32. The molecular weight excluding hydrogens is 288 g/mol. The van der Waals surface area contributed by atoms with Crippen molar-refractivity contribution in [1.82, 2.24) is 4.72 Å². The molecule has 1 aliphatic rings. The average molecular weight is 312 g/mol. The minimum absolute atomic E-state index is 0.0576. The Morgan fingerprint density at radius 3 is 2.38 bits per heavy atom. The van der Waals surface area contributed by atoms with Crippen LogP contribution in [0.5, 0.6) is 0 Å². The van der Waals surface area contributed by atoms with Crippen molar-refractivity contribution < 1.29 is 13.5 Å². The molecule has 0 bridgehead atoms. The lowest BCUT2D eigenvalue weighted by Gasteiger charge is -2.23. The average Bonchev–Trinajstić information content (AvgIpc) is 2.82. The standard InChI is InChI=1S/C15H24N2O3S/c1-10-8-13(16)12(3)14(11(10)2)21(19,20)17-9-15(18)6-4-5-7-15/h8,17-18H,4-7,9,16H2,1-3H3. The van der Waals surface area contributed by atoms with E-state index in [0.29, 0.717) is 29.7 Å². The summed E-state index contributed by atoms with van der Waals surface area (Å²) >= 11 is 0. The Kier molecular flexibility index (Phi) is 4.33. The van der Waals surface area contributed by atoms with Gasteiger partial charge in [0.05, 0.1) is 10.5 Å². The topological polar surface area (TPSA) is 92.4 Å². The highest BCUT2D eigenvalue weighted by atomic mass is 32.2. The van der Waals surface area contributed by atoms with Gasteiger partial charge in [0.15, 0.2) is 0 Å².